The molecular formula is C21H28N2O. The monoisotopic (exact) mass is 324 g/mol. The van der Waals surface area contributed by atoms with Crippen molar-refractivity contribution in [2.75, 3.05) is 25.0 Å². The van der Waals surface area contributed by atoms with Gasteiger partial charge in [-0.15, -0.1) is 0 Å². The number of hydrogen-bond acceptors (Lipinski definition) is 2. The van der Waals surface area contributed by atoms with Crippen molar-refractivity contribution in [1.29, 1.82) is 0 Å². The molecule has 128 valence electrons. The lowest BCUT2D eigenvalue weighted by Gasteiger charge is -2.20. The Kier molecular flexibility index (Phi) is 7.34. The molecule has 1 amide bonds. The smallest absolute Gasteiger partial charge is 0.227 e. The first-order chi connectivity index (χ1) is 11.7. The Bertz CT molecular complexity index is 598. The van der Waals surface area contributed by atoms with Gasteiger partial charge in [0, 0.05) is 25.8 Å². The summed E-state index contributed by atoms with van der Waals surface area (Å²) < 4.78 is 0. The molecule has 0 saturated heterocycles. The fourth-order valence-electron chi connectivity index (χ4n) is 2.89. The van der Waals surface area contributed by atoms with Crippen molar-refractivity contribution in [3.05, 3.63) is 66.2 Å². The van der Waals surface area contributed by atoms with Crippen LogP contribution in [-0.4, -0.2) is 26.0 Å². The first kappa shape index (κ1) is 18.1. The number of para-hydroxylation sites is 1. The van der Waals surface area contributed by atoms with E-state index < -0.39 is 0 Å². The number of anilines is 1. The molecule has 0 bridgehead atoms. The van der Waals surface area contributed by atoms with E-state index in [1.54, 1.807) is 0 Å². The zero-order valence-corrected chi connectivity index (χ0v) is 14.7. The van der Waals surface area contributed by atoms with E-state index in [0.717, 1.165) is 31.4 Å². The summed E-state index contributed by atoms with van der Waals surface area (Å²) in [6.45, 7) is 3.76. The van der Waals surface area contributed by atoms with Gasteiger partial charge < -0.3 is 10.2 Å². The van der Waals surface area contributed by atoms with Gasteiger partial charge in [0.2, 0.25) is 5.91 Å². The average molecular weight is 324 g/mol. The molecule has 0 aliphatic rings. The molecule has 0 fully saturated rings. The van der Waals surface area contributed by atoms with Crippen LogP contribution in [0.15, 0.2) is 60.7 Å². The summed E-state index contributed by atoms with van der Waals surface area (Å²) in [4.78, 5) is 14.7. The van der Waals surface area contributed by atoms with Crippen molar-refractivity contribution in [2.24, 2.45) is 0 Å². The summed E-state index contributed by atoms with van der Waals surface area (Å²) >= 11 is 0. The minimum atomic E-state index is -0.0388. The Morgan fingerprint density at radius 1 is 1.04 bits per heavy atom. The molecule has 0 saturated carbocycles. The van der Waals surface area contributed by atoms with Gasteiger partial charge in [0.25, 0.3) is 0 Å². The van der Waals surface area contributed by atoms with Crippen LogP contribution in [0.5, 0.6) is 0 Å². The molecule has 0 aliphatic heterocycles. The molecule has 0 aliphatic carbocycles. The van der Waals surface area contributed by atoms with Crippen LogP contribution in [0.4, 0.5) is 5.69 Å². The van der Waals surface area contributed by atoms with Gasteiger partial charge >= 0.3 is 0 Å². The molecule has 0 aromatic heterocycles. The highest BCUT2D eigenvalue weighted by Gasteiger charge is 2.18. The SMILES string of the molecule is CCCC(C(=O)NCCCN(C)c1ccccc1)c1ccccc1. The van der Waals surface area contributed by atoms with Crippen LogP contribution < -0.4 is 10.2 Å². The molecule has 1 N–H and O–H groups in total. The van der Waals surface area contributed by atoms with Gasteiger partial charge in [0.15, 0.2) is 0 Å². The highest BCUT2D eigenvalue weighted by Crippen LogP contribution is 2.21. The minimum absolute atomic E-state index is 0.0388. The summed E-state index contributed by atoms with van der Waals surface area (Å²) in [5.41, 5.74) is 2.32. The number of amides is 1. The van der Waals surface area contributed by atoms with Gasteiger partial charge in [0.1, 0.15) is 0 Å². The lowest BCUT2D eigenvalue weighted by atomic mass is 9.93. The summed E-state index contributed by atoms with van der Waals surface area (Å²) in [7, 11) is 2.08. The van der Waals surface area contributed by atoms with Gasteiger partial charge in [0.05, 0.1) is 5.92 Å². The standard InChI is InChI=1S/C21H28N2O/c1-3-11-20(18-12-6-4-7-13-18)21(24)22-16-10-17-23(2)19-14-8-5-9-15-19/h4-9,12-15,20H,3,10-11,16-17H2,1-2H3,(H,22,24). The van der Waals surface area contributed by atoms with Crippen molar-refractivity contribution in [3.8, 4) is 0 Å². The fraction of sp³-hybridized carbons (Fsp3) is 0.381. The quantitative estimate of drug-likeness (QED) is 0.701. The van der Waals surface area contributed by atoms with Crippen LogP contribution in [-0.2, 0) is 4.79 Å². The summed E-state index contributed by atoms with van der Waals surface area (Å²) in [6.07, 6.45) is 2.83. The Morgan fingerprint density at radius 3 is 2.29 bits per heavy atom. The third kappa shape index (κ3) is 5.41. The number of nitrogens with zero attached hydrogens (tertiary/aromatic N) is 1. The zero-order chi connectivity index (χ0) is 17.2. The van der Waals surface area contributed by atoms with E-state index in [-0.39, 0.29) is 11.8 Å². The molecular weight excluding hydrogens is 296 g/mol. The van der Waals surface area contributed by atoms with E-state index in [1.165, 1.54) is 5.69 Å². The van der Waals surface area contributed by atoms with Crippen molar-refractivity contribution < 1.29 is 4.79 Å². The van der Waals surface area contributed by atoms with E-state index in [0.29, 0.717) is 6.54 Å². The van der Waals surface area contributed by atoms with Crippen LogP contribution in [0, 0.1) is 0 Å². The lowest BCUT2D eigenvalue weighted by Crippen LogP contribution is -2.32. The summed E-state index contributed by atoms with van der Waals surface area (Å²) in [5, 5.41) is 3.11. The second-order valence-electron chi connectivity index (χ2n) is 6.15. The van der Waals surface area contributed by atoms with Gasteiger partial charge in [-0.2, -0.15) is 0 Å². The summed E-state index contributed by atoms with van der Waals surface area (Å²) in [6, 6.07) is 20.4. The topological polar surface area (TPSA) is 32.3 Å². The molecule has 3 nitrogen and oxygen atoms in total. The van der Waals surface area contributed by atoms with Crippen LogP contribution in [0.1, 0.15) is 37.7 Å². The molecule has 1 unspecified atom stereocenters. The average Bonchev–Trinajstić information content (AvgIpc) is 2.64. The van der Waals surface area contributed by atoms with Crippen molar-refractivity contribution >= 4 is 11.6 Å². The van der Waals surface area contributed by atoms with Gasteiger partial charge in [-0.25, -0.2) is 0 Å². The molecule has 24 heavy (non-hydrogen) atoms. The highest BCUT2D eigenvalue weighted by atomic mass is 16.1. The fourth-order valence-corrected chi connectivity index (χ4v) is 2.89. The summed E-state index contributed by atoms with van der Waals surface area (Å²) in [5.74, 6) is 0.105. The minimum Gasteiger partial charge on any atom is -0.375 e. The zero-order valence-electron chi connectivity index (χ0n) is 14.7. The van der Waals surface area contributed by atoms with E-state index in [4.69, 9.17) is 0 Å². The van der Waals surface area contributed by atoms with Crippen molar-refractivity contribution in [1.82, 2.24) is 5.32 Å². The largest absolute Gasteiger partial charge is 0.375 e. The van der Waals surface area contributed by atoms with E-state index in [2.05, 4.69) is 36.3 Å². The number of hydrogen-bond donors (Lipinski definition) is 1. The first-order valence-electron chi connectivity index (χ1n) is 8.81. The van der Waals surface area contributed by atoms with E-state index in [1.807, 2.05) is 48.5 Å². The molecule has 2 rings (SSSR count). The van der Waals surface area contributed by atoms with Crippen LogP contribution in [0.2, 0.25) is 0 Å². The van der Waals surface area contributed by atoms with Crippen LogP contribution in [0.3, 0.4) is 0 Å². The second-order valence-corrected chi connectivity index (χ2v) is 6.15. The van der Waals surface area contributed by atoms with Gasteiger partial charge in [-0.1, -0.05) is 61.9 Å². The van der Waals surface area contributed by atoms with Crippen molar-refractivity contribution in [2.45, 2.75) is 32.1 Å². The lowest BCUT2D eigenvalue weighted by molar-refractivity contribution is -0.122. The Hall–Kier alpha value is -2.29. The number of carbonyl (C=O) groups is 1. The molecule has 1 atom stereocenters. The van der Waals surface area contributed by atoms with Crippen LogP contribution >= 0.6 is 0 Å². The molecule has 3 heteroatoms. The molecule has 0 heterocycles. The second kappa shape index (κ2) is 9.76. The number of benzene rings is 2. The van der Waals surface area contributed by atoms with Crippen LogP contribution in [0.25, 0.3) is 0 Å². The Morgan fingerprint density at radius 2 is 1.67 bits per heavy atom. The maximum Gasteiger partial charge on any atom is 0.227 e. The maximum absolute atomic E-state index is 12.5. The Labute approximate surface area is 145 Å². The van der Waals surface area contributed by atoms with Gasteiger partial charge in [-0.05, 0) is 30.5 Å². The highest BCUT2D eigenvalue weighted by molar-refractivity contribution is 5.83. The number of rotatable bonds is 9. The van der Waals surface area contributed by atoms with Gasteiger partial charge in [-0.3, -0.25) is 4.79 Å². The normalized spacial score (nSPS) is 11.8. The van der Waals surface area contributed by atoms with E-state index >= 15 is 0 Å². The number of carbonyl (C=O) groups excluding carboxylic acids is 1. The predicted octanol–water partition coefficient (Wildman–Crippen LogP) is 4.21. The predicted molar refractivity (Wildman–Crippen MR) is 101 cm³/mol. The maximum atomic E-state index is 12.5. The van der Waals surface area contributed by atoms with Crippen molar-refractivity contribution in [3.63, 3.8) is 0 Å². The molecule has 2 aromatic carbocycles. The third-order valence-corrected chi connectivity index (χ3v) is 4.26. The van der Waals surface area contributed by atoms with E-state index in [9.17, 15) is 4.79 Å². The molecule has 0 radical (unpaired) electrons. The molecule has 0 spiro atoms. The first-order valence-corrected chi connectivity index (χ1v) is 8.81. The third-order valence-electron chi connectivity index (χ3n) is 4.26. The Balaban J connectivity index is 1.79. The molecule has 2 aromatic rings. The number of nitrogens with one attached hydrogen (secondary N) is 1.